The van der Waals surface area contributed by atoms with Crippen molar-refractivity contribution in [3.05, 3.63) is 77.6 Å². The highest BCUT2D eigenvalue weighted by atomic mass is 19.1. The van der Waals surface area contributed by atoms with Gasteiger partial charge in [0.25, 0.3) is 5.89 Å². The van der Waals surface area contributed by atoms with Crippen LogP contribution in [0.15, 0.2) is 64.8 Å². The zero-order chi connectivity index (χ0) is 22.1. The first-order valence-corrected chi connectivity index (χ1v) is 10.7. The monoisotopic (exact) mass is 434 g/mol. The third-order valence-corrected chi connectivity index (χ3v) is 5.88. The lowest BCUT2D eigenvalue weighted by atomic mass is 9.94. The van der Waals surface area contributed by atoms with Crippen molar-refractivity contribution in [3.8, 4) is 11.4 Å². The number of nitrogens with zero attached hydrogens (tertiary/aromatic N) is 3. The van der Waals surface area contributed by atoms with Crippen molar-refractivity contribution in [2.24, 2.45) is 0 Å². The van der Waals surface area contributed by atoms with Crippen LogP contribution in [0.4, 0.5) is 9.18 Å². The van der Waals surface area contributed by atoms with Crippen LogP contribution in [-0.2, 0) is 4.74 Å². The molecule has 1 N–H and O–H groups in total. The van der Waals surface area contributed by atoms with Crippen LogP contribution in [0.25, 0.3) is 17.0 Å². The number of carbonyl (C=O) groups is 1. The summed E-state index contributed by atoms with van der Waals surface area (Å²) < 4.78 is 25.1. The molecule has 2 aliphatic heterocycles. The number of aromatic nitrogens is 2. The number of halogens is 1. The van der Waals surface area contributed by atoms with E-state index in [2.05, 4.69) is 15.5 Å². The van der Waals surface area contributed by atoms with Gasteiger partial charge in [-0.05, 0) is 37.5 Å². The molecule has 1 fully saturated rings. The Labute approximate surface area is 184 Å². The van der Waals surface area contributed by atoms with Crippen molar-refractivity contribution in [2.75, 3.05) is 13.2 Å². The van der Waals surface area contributed by atoms with E-state index < -0.39 is 6.04 Å². The Kier molecular flexibility index (Phi) is 5.45. The molecule has 1 aromatic heterocycles. The molecule has 8 heteroatoms. The Morgan fingerprint density at radius 1 is 1.19 bits per heavy atom. The minimum atomic E-state index is -0.453. The molecule has 0 spiro atoms. The molecule has 2 amide bonds. The second-order valence-electron chi connectivity index (χ2n) is 7.97. The molecule has 3 aromatic rings. The van der Waals surface area contributed by atoms with Crippen LogP contribution in [0.1, 0.15) is 37.3 Å². The van der Waals surface area contributed by atoms with Crippen molar-refractivity contribution in [1.29, 1.82) is 0 Å². The summed E-state index contributed by atoms with van der Waals surface area (Å²) in [6.45, 7) is 3.04. The lowest BCUT2D eigenvalue weighted by Crippen LogP contribution is -2.48. The summed E-state index contributed by atoms with van der Waals surface area (Å²) in [5.41, 5.74) is 2.86. The van der Waals surface area contributed by atoms with Crippen molar-refractivity contribution < 1.29 is 18.4 Å². The molecule has 164 valence electrons. The van der Waals surface area contributed by atoms with E-state index in [-0.39, 0.29) is 29.7 Å². The topological polar surface area (TPSA) is 80.5 Å². The highest BCUT2D eigenvalue weighted by Gasteiger charge is 2.37. The van der Waals surface area contributed by atoms with Gasteiger partial charge in [-0.3, -0.25) is 4.90 Å². The summed E-state index contributed by atoms with van der Waals surface area (Å²) in [5.74, 6) is 0.196. The van der Waals surface area contributed by atoms with Crippen molar-refractivity contribution in [2.45, 2.75) is 31.9 Å². The van der Waals surface area contributed by atoms with Gasteiger partial charge in [-0.1, -0.05) is 47.6 Å². The van der Waals surface area contributed by atoms with E-state index in [9.17, 15) is 9.18 Å². The number of allylic oxidation sites excluding steroid dienone is 1. The van der Waals surface area contributed by atoms with Gasteiger partial charge in [0, 0.05) is 17.9 Å². The first kappa shape index (κ1) is 20.4. The minimum absolute atomic E-state index is 0.00392. The summed E-state index contributed by atoms with van der Waals surface area (Å²) in [5, 5.41) is 7.15. The molecule has 2 atom stereocenters. The third kappa shape index (κ3) is 3.89. The van der Waals surface area contributed by atoms with Gasteiger partial charge in [-0.25, -0.2) is 9.18 Å². The van der Waals surface area contributed by atoms with Gasteiger partial charge in [0.05, 0.1) is 24.3 Å². The Hall–Kier alpha value is -3.52. The second kappa shape index (κ2) is 8.55. The summed E-state index contributed by atoms with van der Waals surface area (Å²) in [6.07, 6.45) is 1.90. The van der Waals surface area contributed by atoms with E-state index in [0.29, 0.717) is 24.3 Å². The number of nitrogens with one attached hydrogen (secondary N) is 1. The van der Waals surface area contributed by atoms with Crippen LogP contribution < -0.4 is 5.32 Å². The van der Waals surface area contributed by atoms with Gasteiger partial charge in [0.15, 0.2) is 0 Å². The van der Waals surface area contributed by atoms with Crippen LogP contribution in [0.3, 0.4) is 0 Å². The van der Waals surface area contributed by atoms with Crippen LogP contribution >= 0.6 is 0 Å². The maximum absolute atomic E-state index is 13.7. The Morgan fingerprint density at radius 3 is 2.78 bits per heavy atom. The van der Waals surface area contributed by atoms with E-state index in [1.54, 1.807) is 17.0 Å². The van der Waals surface area contributed by atoms with E-state index >= 15 is 0 Å². The summed E-state index contributed by atoms with van der Waals surface area (Å²) in [6, 6.07) is 15.0. The Balaban J connectivity index is 1.57. The number of benzene rings is 2. The van der Waals surface area contributed by atoms with E-state index in [4.69, 9.17) is 9.26 Å². The first-order valence-electron chi connectivity index (χ1n) is 10.7. The van der Waals surface area contributed by atoms with Gasteiger partial charge >= 0.3 is 6.03 Å². The molecule has 1 saturated heterocycles. The standard InChI is InChI=1S/C24H23FN4O3/c1-15-20(23-27-22(28-32-23)17-9-5-10-18(25)13-17)21(16-7-3-2-4-8-16)26-24(30)29(15)14-19-11-6-12-31-19/h2-5,7-10,13,19,21H,6,11-12,14H2,1H3,(H,26,30). The molecule has 0 aliphatic carbocycles. The minimum Gasteiger partial charge on any atom is -0.376 e. The maximum Gasteiger partial charge on any atom is 0.322 e. The molecular weight excluding hydrogens is 411 g/mol. The van der Waals surface area contributed by atoms with Crippen molar-refractivity contribution in [3.63, 3.8) is 0 Å². The second-order valence-corrected chi connectivity index (χ2v) is 7.97. The molecule has 0 radical (unpaired) electrons. The SMILES string of the molecule is CC1=C(c2nc(-c3cccc(F)c3)no2)C(c2ccccc2)NC(=O)N1CC1CCCO1. The average molecular weight is 434 g/mol. The molecule has 2 aromatic carbocycles. The van der Waals surface area contributed by atoms with Gasteiger partial charge in [0.2, 0.25) is 5.82 Å². The van der Waals surface area contributed by atoms with Crippen LogP contribution in [0.5, 0.6) is 0 Å². The zero-order valence-corrected chi connectivity index (χ0v) is 17.6. The number of hydrogen-bond donors (Lipinski definition) is 1. The van der Waals surface area contributed by atoms with E-state index in [0.717, 1.165) is 24.1 Å². The lowest BCUT2D eigenvalue weighted by molar-refractivity contribution is 0.0877. The summed E-state index contributed by atoms with van der Waals surface area (Å²) in [7, 11) is 0. The fourth-order valence-electron chi connectivity index (χ4n) is 4.24. The quantitative estimate of drug-likeness (QED) is 0.637. The fraction of sp³-hybridized carbons (Fsp3) is 0.292. The molecule has 5 rings (SSSR count). The molecule has 32 heavy (non-hydrogen) atoms. The van der Waals surface area contributed by atoms with Crippen LogP contribution in [0, 0.1) is 5.82 Å². The third-order valence-electron chi connectivity index (χ3n) is 5.88. The predicted octanol–water partition coefficient (Wildman–Crippen LogP) is 4.55. The molecule has 2 unspecified atom stereocenters. The van der Waals surface area contributed by atoms with Gasteiger partial charge in [-0.2, -0.15) is 4.98 Å². The largest absolute Gasteiger partial charge is 0.376 e. The normalized spacial score (nSPS) is 21.2. The Morgan fingerprint density at radius 2 is 2.03 bits per heavy atom. The maximum atomic E-state index is 13.7. The average Bonchev–Trinajstić information content (AvgIpc) is 3.49. The number of rotatable bonds is 5. The number of hydrogen-bond acceptors (Lipinski definition) is 5. The van der Waals surface area contributed by atoms with E-state index in [1.807, 2.05) is 37.3 Å². The highest BCUT2D eigenvalue weighted by molar-refractivity contribution is 5.86. The summed E-state index contributed by atoms with van der Waals surface area (Å²) >= 11 is 0. The molecular formula is C24H23FN4O3. The lowest BCUT2D eigenvalue weighted by Gasteiger charge is -2.36. The highest BCUT2D eigenvalue weighted by Crippen LogP contribution is 2.37. The summed E-state index contributed by atoms with van der Waals surface area (Å²) in [4.78, 5) is 19.3. The smallest absolute Gasteiger partial charge is 0.322 e. The predicted molar refractivity (Wildman–Crippen MR) is 116 cm³/mol. The number of carbonyl (C=O) groups excluding carboxylic acids is 1. The van der Waals surface area contributed by atoms with Gasteiger partial charge < -0.3 is 14.6 Å². The molecule has 0 bridgehead atoms. The fourth-order valence-corrected chi connectivity index (χ4v) is 4.24. The van der Waals surface area contributed by atoms with Crippen molar-refractivity contribution in [1.82, 2.24) is 20.4 Å². The Bertz CT molecular complexity index is 1150. The number of amides is 2. The molecule has 0 saturated carbocycles. The van der Waals surface area contributed by atoms with Gasteiger partial charge in [-0.15, -0.1) is 0 Å². The zero-order valence-electron chi connectivity index (χ0n) is 17.6. The van der Waals surface area contributed by atoms with Crippen LogP contribution in [0.2, 0.25) is 0 Å². The molecule has 2 aliphatic rings. The van der Waals surface area contributed by atoms with Crippen molar-refractivity contribution >= 4 is 11.6 Å². The van der Waals surface area contributed by atoms with Gasteiger partial charge in [0.1, 0.15) is 5.82 Å². The number of urea groups is 1. The number of ether oxygens (including phenoxy) is 1. The van der Waals surface area contributed by atoms with E-state index in [1.165, 1.54) is 12.1 Å². The molecule has 7 nitrogen and oxygen atoms in total. The molecule has 3 heterocycles. The van der Waals surface area contributed by atoms with Crippen LogP contribution in [-0.4, -0.2) is 40.3 Å². The first-order chi connectivity index (χ1) is 15.6.